The molecule has 8 nitrogen and oxygen atoms in total. The molecule has 0 heterocycles. The lowest BCUT2D eigenvalue weighted by Gasteiger charge is -2.18. The van der Waals surface area contributed by atoms with Crippen LogP contribution in [-0.2, 0) is 28.2 Å². The van der Waals surface area contributed by atoms with E-state index in [-0.39, 0.29) is 13.0 Å². The molecule has 0 aromatic heterocycles. The molecule has 9 heteroatoms. The molecule has 0 spiro atoms. The maximum Gasteiger partial charge on any atom is 0.469 e. The largest absolute Gasteiger partial charge is 0.469 e. The molecular weight excluding hydrogens is 627 g/mol. The van der Waals surface area contributed by atoms with E-state index >= 15 is 0 Å². The number of carbonyl (C=O) groups excluding carboxylic acids is 2. The Morgan fingerprint density at radius 1 is 0.583 bits per heavy atom. The summed E-state index contributed by atoms with van der Waals surface area (Å²) in [4.78, 5) is 42.5. The number of ether oxygens (including phenoxy) is 2. The molecule has 1 atom stereocenters. The van der Waals surface area contributed by atoms with Gasteiger partial charge in [-0.3, -0.25) is 9.32 Å². The Bertz CT molecular complexity index is 879. The number of rotatable bonds is 35. The van der Waals surface area contributed by atoms with Crippen LogP contribution in [0.15, 0.2) is 36.5 Å². The van der Waals surface area contributed by atoms with Crippen LogP contribution in [0.2, 0.25) is 0 Å². The number of phosphoric acid groups is 1. The number of hydrogen-bond donors (Lipinski definition) is 2. The molecule has 0 aromatic rings. The first-order valence-electron chi connectivity index (χ1n) is 19.3. The van der Waals surface area contributed by atoms with Gasteiger partial charge in [-0.15, -0.1) is 0 Å². The first-order valence-corrected chi connectivity index (χ1v) is 20.9. The second-order valence-corrected chi connectivity index (χ2v) is 14.2. The number of carbonyl (C=O) groups is 2. The van der Waals surface area contributed by atoms with Gasteiger partial charge in [-0.05, 0) is 44.9 Å². The maximum atomic E-state index is 12.3. The third kappa shape index (κ3) is 37.1. The quantitative estimate of drug-likeness (QED) is 0.0168. The van der Waals surface area contributed by atoms with Crippen molar-refractivity contribution in [2.75, 3.05) is 13.2 Å². The first-order chi connectivity index (χ1) is 23.3. The van der Waals surface area contributed by atoms with E-state index in [2.05, 4.69) is 30.5 Å². The zero-order valence-corrected chi connectivity index (χ0v) is 31.5. The first kappa shape index (κ1) is 46.3. The van der Waals surface area contributed by atoms with E-state index in [1.165, 1.54) is 128 Å². The Morgan fingerprint density at radius 2 is 1.02 bits per heavy atom. The molecule has 0 aliphatic heterocycles. The summed E-state index contributed by atoms with van der Waals surface area (Å²) in [6, 6.07) is 0. The standard InChI is InChI=1S/C39H71O8P/c1-3-5-7-9-11-13-15-17-19-21-23-25-27-29-31-33-38(40)45-35-37(36-46-48(42,43)44)47-39(41)34-32-30-28-26-24-22-20-18-16-14-12-10-8-6-4-2/h24,26-27,29,31,33,37H,3-23,25,28,30,32,34-36H2,1-2H3,(H2,42,43,44)/b26-24+,29-27+,33-31+/t37-/m1/s1. The smallest absolute Gasteiger partial charge is 0.458 e. The van der Waals surface area contributed by atoms with Gasteiger partial charge in [-0.2, -0.15) is 0 Å². The molecule has 0 rings (SSSR count). The second-order valence-electron chi connectivity index (χ2n) is 13.0. The van der Waals surface area contributed by atoms with Crippen LogP contribution in [0.5, 0.6) is 0 Å². The lowest BCUT2D eigenvalue weighted by Crippen LogP contribution is -2.29. The zero-order valence-electron chi connectivity index (χ0n) is 30.6. The summed E-state index contributed by atoms with van der Waals surface area (Å²) in [7, 11) is -4.77. The molecule has 0 aliphatic rings. The minimum atomic E-state index is -4.77. The summed E-state index contributed by atoms with van der Waals surface area (Å²) in [5.74, 6) is -1.16. The number of hydrogen-bond acceptors (Lipinski definition) is 6. The zero-order chi connectivity index (χ0) is 35.4. The Hall–Kier alpha value is -1.73. The van der Waals surface area contributed by atoms with E-state index in [1.54, 1.807) is 12.2 Å². The van der Waals surface area contributed by atoms with E-state index in [0.29, 0.717) is 6.42 Å². The van der Waals surface area contributed by atoms with Crippen molar-refractivity contribution >= 4 is 19.8 Å². The highest BCUT2D eigenvalue weighted by atomic mass is 31.2. The van der Waals surface area contributed by atoms with Gasteiger partial charge in [0.05, 0.1) is 6.61 Å². The second kappa shape index (κ2) is 35.1. The van der Waals surface area contributed by atoms with Gasteiger partial charge in [0.1, 0.15) is 6.61 Å². The van der Waals surface area contributed by atoms with Gasteiger partial charge in [0.25, 0.3) is 0 Å². The number of unbranched alkanes of at least 4 members (excludes halogenated alkanes) is 22. The van der Waals surface area contributed by atoms with Crippen molar-refractivity contribution in [3.05, 3.63) is 36.5 Å². The molecule has 0 saturated carbocycles. The molecule has 0 amide bonds. The van der Waals surface area contributed by atoms with Crippen molar-refractivity contribution in [3.63, 3.8) is 0 Å². The van der Waals surface area contributed by atoms with Crippen molar-refractivity contribution < 1.29 is 37.9 Å². The van der Waals surface area contributed by atoms with Gasteiger partial charge in [0, 0.05) is 12.5 Å². The van der Waals surface area contributed by atoms with Crippen LogP contribution in [0.3, 0.4) is 0 Å². The van der Waals surface area contributed by atoms with Crippen LogP contribution in [-0.4, -0.2) is 41.0 Å². The summed E-state index contributed by atoms with van der Waals surface area (Å²) >= 11 is 0. The van der Waals surface area contributed by atoms with Crippen molar-refractivity contribution in [1.29, 1.82) is 0 Å². The molecule has 0 radical (unpaired) electrons. The highest BCUT2D eigenvalue weighted by Crippen LogP contribution is 2.35. The van der Waals surface area contributed by atoms with Crippen molar-refractivity contribution in [2.45, 2.75) is 187 Å². The monoisotopic (exact) mass is 698 g/mol. The molecule has 0 bridgehead atoms. The van der Waals surface area contributed by atoms with Gasteiger partial charge in [-0.1, -0.05) is 160 Å². The van der Waals surface area contributed by atoms with Gasteiger partial charge in [-0.25, -0.2) is 9.36 Å². The molecular formula is C39H71O8P. The fourth-order valence-electron chi connectivity index (χ4n) is 5.34. The summed E-state index contributed by atoms with van der Waals surface area (Å²) in [6.07, 6.45) is 40.7. The topological polar surface area (TPSA) is 119 Å². The predicted molar refractivity (Wildman–Crippen MR) is 198 cm³/mol. The fourth-order valence-corrected chi connectivity index (χ4v) is 5.70. The minimum absolute atomic E-state index is 0.163. The predicted octanol–water partition coefficient (Wildman–Crippen LogP) is 11.4. The van der Waals surface area contributed by atoms with Crippen molar-refractivity contribution in [3.8, 4) is 0 Å². The van der Waals surface area contributed by atoms with Crippen LogP contribution < -0.4 is 0 Å². The summed E-state index contributed by atoms with van der Waals surface area (Å²) in [5.41, 5.74) is 0. The molecule has 48 heavy (non-hydrogen) atoms. The average molecular weight is 699 g/mol. The van der Waals surface area contributed by atoms with E-state index in [1.807, 2.05) is 6.08 Å². The van der Waals surface area contributed by atoms with Gasteiger partial charge in [0.2, 0.25) is 0 Å². The number of esters is 2. The van der Waals surface area contributed by atoms with Crippen LogP contribution in [0.1, 0.15) is 181 Å². The molecule has 2 N–H and O–H groups in total. The van der Waals surface area contributed by atoms with Crippen LogP contribution in [0, 0.1) is 0 Å². The number of allylic oxidation sites excluding steroid dienone is 5. The Balaban J connectivity index is 4.08. The number of phosphoric ester groups is 1. The minimum Gasteiger partial charge on any atom is -0.458 e. The van der Waals surface area contributed by atoms with E-state index in [4.69, 9.17) is 19.3 Å². The van der Waals surface area contributed by atoms with E-state index in [9.17, 15) is 14.2 Å². The summed E-state index contributed by atoms with van der Waals surface area (Å²) < 4.78 is 26.1. The van der Waals surface area contributed by atoms with Crippen molar-refractivity contribution in [2.24, 2.45) is 0 Å². The molecule has 0 fully saturated rings. The SMILES string of the molecule is CCCCCCCCCCC/C=C/CCCCC(=O)O[C@H](COC(=O)/C=C/C=C/CCCCCCCCCCCCC)COP(=O)(O)O. The van der Waals surface area contributed by atoms with E-state index in [0.717, 1.165) is 32.1 Å². The third-order valence-corrected chi connectivity index (χ3v) is 8.72. The molecule has 0 unspecified atom stereocenters. The lowest BCUT2D eigenvalue weighted by molar-refractivity contribution is -0.159. The van der Waals surface area contributed by atoms with Gasteiger partial charge >= 0.3 is 19.8 Å². The summed E-state index contributed by atoms with van der Waals surface area (Å²) in [6.45, 7) is 3.55. The fraction of sp³-hybridized carbons (Fsp3) is 0.795. The lowest BCUT2D eigenvalue weighted by atomic mass is 10.1. The van der Waals surface area contributed by atoms with E-state index < -0.39 is 32.5 Å². The highest BCUT2D eigenvalue weighted by Gasteiger charge is 2.22. The molecule has 0 saturated heterocycles. The Morgan fingerprint density at radius 3 is 1.50 bits per heavy atom. The third-order valence-electron chi connectivity index (χ3n) is 8.23. The highest BCUT2D eigenvalue weighted by molar-refractivity contribution is 7.46. The Labute approximate surface area is 293 Å². The van der Waals surface area contributed by atoms with Gasteiger partial charge < -0.3 is 19.3 Å². The molecule has 280 valence electrons. The van der Waals surface area contributed by atoms with Crippen LogP contribution >= 0.6 is 7.82 Å². The van der Waals surface area contributed by atoms with Crippen molar-refractivity contribution in [1.82, 2.24) is 0 Å². The average Bonchev–Trinajstić information content (AvgIpc) is 3.05. The maximum absolute atomic E-state index is 12.3. The van der Waals surface area contributed by atoms with Gasteiger partial charge in [0.15, 0.2) is 6.10 Å². The Kier molecular flexibility index (Phi) is 33.8. The summed E-state index contributed by atoms with van der Waals surface area (Å²) in [5, 5.41) is 0. The normalized spacial score (nSPS) is 12.8. The molecule has 0 aliphatic carbocycles. The van der Waals surface area contributed by atoms with Crippen LogP contribution in [0.4, 0.5) is 0 Å². The molecule has 0 aromatic carbocycles. The van der Waals surface area contributed by atoms with Crippen LogP contribution in [0.25, 0.3) is 0 Å².